The van der Waals surface area contributed by atoms with Gasteiger partial charge in [-0.2, -0.15) is 0 Å². The molecule has 0 fully saturated rings. The Kier molecular flexibility index (Phi) is 6.50. The van der Waals surface area contributed by atoms with Gasteiger partial charge in [0.2, 0.25) is 0 Å². The third kappa shape index (κ3) is 5.14. The van der Waals surface area contributed by atoms with Crippen molar-refractivity contribution in [1.82, 2.24) is 5.32 Å². The topological polar surface area (TPSA) is 41.5 Å². The van der Waals surface area contributed by atoms with Crippen LogP contribution in [-0.2, 0) is 0 Å². The second-order valence-electron chi connectivity index (χ2n) is 5.88. The average molecular weight is 279 g/mol. The normalized spacial score (nSPS) is 13.3. The number of aliphatic hydroxyl groups excluding tert-OH is 1. The molecule has 2 N–H and O–H groups in total. The van der Waals surface area contributed by atoms with Crippen molar-refractivity contribution in [1.29, 1.82) is 0 Å². The van der Waals surface area contributed by atoms with E-state index in [0.29, 0.717) is 13.2 Å². The summed E-state index contributed by atoms with van der Waals surface area (Å²) in [5, 5.41) is 13.5. The maximum atomic E-state index is 10.0. The van der Waals surface area contributed by atoms with Crippen LogP contribution in [-0.4, -0.2) is 29.9 Å². The van der Waals surface area contributed by atoms with Gasteiger partial charge < -0.3 is 15.2 Å². The highest BCUT2D eigenvalue weighted by Crippen LogP contribution is 2.19. The van der Waals surface area contributed by atoms with Crippen LogP contribution in [0, 0.1) is 13.8 Å². The molecule has 0 aromatic heterocycles. The minimum absolute atomic E-state index is 0.0975. The fourth-order valence-corrected chi connectivity index (χ4v) is 1.97. The lowest BCUT2D eigenvalue weighted by molar-refractivity contribution is 0.0963. The molecule has 0 saturated heterocycles. The number of aryl methyl sites for hydroxylation is 2. The number of nitrogens with one attached hydrogen (secondary N) is 1. The fraction of sp³-hybridized carbons (Fsp3) is 0.647. The van der Waals surface area contributed by atoms with Crippen molar-refractivity contribution in [2.24, 2.45) is 0 Å². The Morgan fingerprint density at radius 2 is 1.90 bits per heavy atom. The summed E-state index contributed by atoms with van der Waals surface area (Å²) < 4.78 is 5.72. The van der Waals surface area contributed by atoms with E-state index in [0.717, 1.165) is 24.2 Å². The largest absolute Gasteiger partial charge is 0.491 e. The summed E-state index contributed by atoms with van der Waals surface area (Å²) in [6, 6.07) is 6.12. The van der Waals surface area contributed by atoms with Gasteiger partial charge in [0.15, 0.2) is 0 Å². The lowest BCUT2D eigenvalue weighted by Crippen LogP contribution is -2.46. The molecule has 0 bridgehead atoms. The second-order valence-corrected chi connectivity index (χ2v) is 5.88. The third-order valence-corrected chi connectivity index (χ3v) is 4.10. The molecule has 0 aliphatic rings. The van der Waals surface area contributed by atoms with Crippen LogP contribution in [0.3, 0.4) is 0 Å². The summed E-state index contributed by atoms with van der Waals surface area (Å²) in [4.78, 5) is 0. The molecule has 0 aliphatic heterocycles. The van der Waals surface area contributed by atoms with Gasteiger partial charge in [0, 0.05) is 12.1 Å². The maximum Gasteiger partial charge on any atom is 0.122 e. The Balaban J connectivity index is 2.43. The number of hydrogen-bond donors (Lipinski definition) is 2. The smallest absolute Gasteiger partial charge is 0.122 e. The molecule has 0 heterocycles. The van der Waals surface area contributed by atoms with Gasteiger partial charge in [-0.15, -0.1) is 0 Å². The van der Waals surface area contributed by atoms with E-state index in [2.05, 4.69) is 32.2 Å². The number of aliphatic hydroxyl groups is 1. The Morgan fingerprint density at radius 1 is 1.25 bits per heavy atom. The number of ether oxygens (including phenoxy) is 1. The molecule has 0 amide bonds. The van der Waals surface area contributed by atoms with Gasteiger partial charge in [-0.25, -0.2) is 0 Å². The lowest BCUT2D eigenvalue weighted by atomic mass is 9.95. The van der Waals surface area contributed by atoms with E-state index in [1.165, 1.54) is 5.56 Å². The van der Waals surface area contributed by atoms with Gasteiger partial charge in [-0.3, -0.25) is 0 Å². The van der Waals surface area contributed by atoms with E-state index in [-0.39, 0.29) is 5.54 Å². The van der Waals surface area contributed by atoms with E-state index in [1.807, 2.05) is 26.0 Å². The molecular formula is C17H29NO2. The highest BCUT2D eigenvalue weighted by molar-refractivity contribution is 5.35. The zero-order valence-corrected chi connectivity index (χ0v) is 13.5. The summed E-state index contributed by atoms with van der Waals surface area (Å²) >= 11 is 0. The highest BCUT2D eigenvalue weighted by Gasteiger charge is 2.20. The van der Waals surface area contributed by atoms with Crippen LogP contribution in [0.5, 0.6) is 5.75 Å². The van der Waals surface area contributed by atoms with Crippen molar-refractivity contribution in [3.05, 3.63) is 29.3 Å². The molecule has 0 spiro atoms. The molecule has 20 heavy (non-hydrogen) atoms. The van der Waals surface area contributed by atoms with Crippen LogP contribution in [0.4, 0.5) is 0 Å². The molecule has 1 unspecified atom stereocenters. The number of β-amino-alcohol motifs (C(OH)–C–C–N with tert-alkyl or cyclic N) is 1. The number of hydrogen-bond acceptors (Lipinski definition) is 3. The van der Waals surface area contributed by atoms with Gasteiger partial charge in [0.25, 0.3) is 0 Å². The van der Waals surface area contributed by atoms with Crippen molar-refractivity contribution in [3.63, 3.8) is 0 Å². The molecular weight excluding hydrogens is 250 g/mol. The monoisotopic (exact) mass is 279 g/mol. The van der Waals surface area contributed by atoms with Crippen molar-refractivity contribution >= 4 is 0 Å². The van der Waals surface area contributed by atoms with Crippen LogP contribution < -0.4 is 10.1 Å². The summed E-state index contributed by atoms with van der Waals surface area (Å²) in [5.74, 6) is 0.859. The van der Waals surface area contributed by atoms with Gasteiger partial charge in [0.05, 0.1) is 0 Å². The van der Waals surface area contributed by atoms with E-state index in [1.54, 1.807) is 0 Å². The molecule has 0 saturated carbocycles. The van der Waals surface area contributed by atoms with Crippen LogP contribution in [0.15, 0.2) is 18.2 Å². The van der Waals surface area contributed by atoms with Crippen LogP contribution in [0.1, 0.15) is 44.7 Å². The lowest BCUT2D eigenvalue weighted by Gasteiger charge is -2.29. The summed E-state index contributed by atoms with van der Waals surface area (Å²) in [5.41, 5.74) is 2.37. The van der Waals surface area contributed by atoms with Gasteiger partial charge in [-0.1, -0.05) is 26.0 Å². The maximum absolute atomic E-state index is 10.0. The molecule has 0 aliphatic carbocycles. The van der Waals surface area contributed by atoms with Crippen molar-refractivity contribution in [2.75, 3.05) is 13.2 Å². The standard InChI is InChI=1S/C17H29NO2/c1-6-17(5,7-2)18-11-15(19)12-20-16-10-13(3)8-9-14(16)4/h8-10,15,18-19H,6-7,11-12H2,1-5H3. The summed E-state index contributed by atoms with van der Waals surface area (Å²) in [6.45, 7) is 11.4. The Labute approximate surface area is 123 Å². The second kappa shape index (κ2) is 7.65. The van der Waals surface area contributed by atoms with E-state index >= 15 is 0 Å². The molecule has 1 aromatic carbocycles. The Hall–Kier alpha value is -1.06. The zero-order valence-electron chi connectivity index (χ0n) is 13.5. The molecule has 114 valence electrons. The van der Waals surface area contributed by atoms with Crippen molar-refractivity contribution < 1.29 is 9.84 Å². The first kappa shape index (κ1) is 17.0. The van der Waals surface area contributed by atoms with Crippen LogP contribution >= 0.6 is 0 Å². The minimum atomic E-state index is -0.493. The van der Waals surface area contributed by atoms with E-state index < -0.39 is 6.10 Å². The fourth-order valence-electron chi connectivity index (χ4n) is 1.97. The highest BCUT2D eigenvalue weighted by atomic mass is 16.5. The molecule has 1 rings (SSSR count). The zero-order chi connectivity index (χ0) is 15.2. The third-order valence-electron chi connectivity index (χ3n) is 4.10. The van der Waals surface area contributed by atoms with Gasteiger partial charge in [0.1, 0.15) is 18.5 Å². The SMILES string of the molecule is CCC(C)(CC)NCC(O)COc1cc(C)ccc1C. The predicted octanol–water partition coefficient (Wildman–Crippen LogP) is 3.21. The van der Waals surface area contributed by atoms with Crippen LogP contribution in [0.2, 0.25) is 0 Å². The first-order valence-corrected chi connectivity index (χ1v) is 7.53. The average Bonchev–Trinajstić information content (AvgIpc) is 2.45. The Morgan fingerprint density at radius 3 is 2.50 bits per heavy atom. The van der Waals surface area contributed by atoms with Gasteiger partial charge >= 0.3 is 0 Å². The predicted molar refractivity (Wildman–Crippen MR) is 84.4 cm³/mol. The summed E-state index contributed by atoms with van der Waals surface area (Å²) in [7, 11) is 0. The number of benzene rings is 1. The summed E-state index contributed by atoms with van der Waals surface area (Å²) in [6.07, 6.45) is 1.61. The Bertz CT molecular complexity index is 413. The first-order chi connectivity index (χ1) is 9.40. The van der Waals surface area contributed by atoms with Crippen LogP contribution in [0.25, 0.3) is 0 Å². The van der Waals surface area contributed by atoms with Crippen molar-refractivity contribution in [3.8, 4) is 5.75 Å². The molecule has 3 nitrogen and oxygen atoms in total. The minimum Gasteiger partial charge on any atom is -0.491 e. The first-order valence-electron chi connectivity index (χ1n) is 7.53. The molecule has 0 radical (unpaired) electrons. The van der Waals surface area contributed by atoms with E-state index in [4.69, 9.17) is 4.74 Å². The van der Waals surface area contributed by atoms with Gasteiger partial charge in [-0.05, 0) is 50.8 Å². The van der Waals surface area contributed by atoms with Crippen molar-refractivity contribution in [2.45, 2.75) is 59.1 Å². The quantitative estimate of drug-likeness (QED) is 0.768. The molecule has 1 atom stereocenters. The molecule has 1 aromatic rings. The molecule has 3 heteroatoms. The van der Waals surface area contributed by atoms with E-state index in [9.17, 15) is 5.11 Å². The number of rotatable bonds is 8.